The second-order valence-electron chi connectivity index (χ2n) is 9.35. The van der Waals surface area contributed by atoms with E-state index >= 15 is 0 Å². The van der Waals surface area contributed by atoms with Gasteiger partial charge in [-0.2, -0.15) is 0 Å². The first-order valence-corrected chi connectivity index (χ1v) is 12.9. The lowest BCUT2D eigenvalue weighted by molar-refractivity contribution is 0.669. The quantitative estimate of drug-likeness (QED) is 0.240. The van der Waals surface area contributed by atoms with Gasteiger partial charge in [-0.05, 0) is 41.5 Å². The molecule has 0 bridgehead atoms. The predicted octanol–water partition coefficient (Wildman–Crippen LogP) is 10.4. The highest BCUT2D eigenvalue weighted by Crippen LogP contribution is 2.48. The Bertz CT molecular complexity index is 1790. The lowest BCUT2D eigenvalue weighted by Gasteiger charge is -2.30. The van der Waals surface area contributed by atoms with Crippen LogP contribution in [-0.4, -0.2) is 0 Å². The van der Waals surface area contributed by atoms with Gasteiger partial charge in [-0.1, -0.05) is 121 Å². The molecule has 0 N–H and O–H groups in total. The van der Waals surface area contributed by atoms with Crippen molar-refractivity contribution in [2.45, 2.75) is 0 Å². The number of fused-ring (bicyclic) bond motifs is 3. The molecule has 0 unspecified atom stereocenters. The second-order valence-corrected chi connectivity index (χ2v) is 9.35. The van der Waals surface area contributed by atoms with Crippen molar-refractivity contribution in [1.29, 1.82) is 0 Å². The lowest BCUT2D eigenvalue weighted by Crippen LogP contribution is -2.12. The molecule has 1 aromatic heterocycles. The molecule has 7 rings (SSSR count). The zero-order valence-corrected chi connectivity index (χ0v) is 20.8. The van der Waals surface area contributed by atoms with E-state index in [0.29, 0.717) is 0 Å². The van der Waals surface area contributed by atoms with Crippen molar-refractivity contribution in [2.75, 3.05) is 4.90 Å². The molecule has 2 nitrogen and oxygen atoms in total. The van der Waals surface area contributed by atoms with Gasteiger partial charge in [-0.3, -0.25) is 0 Å². The third-order valence-electron chi connectivity index (χ3n) is 7.08. The summed E-state index contributed by atoms with van der Waals surface area (Å²) >= 11 is 0. The summed E-state index contributed by atoms with van der Waals surface area (Å²) in [6, 6.07) is 53.1. The van der Waals surface area contributed by atoms with Crippen LogP contribution in [0.5, 0.6) is 0 Å². The summed E-state index contributed by atoms with van der Waals surface area (Å²) in [5.74, 6) is 0. The minimum Gasteiger partial charge on any atom is -0.456 e. The van der Waals surface area contributed by atoms with E-state index in [1.54, 1.807) is 0 Å². The Hall–Kier alpha value is -5.08. The van der Waals surface area contributed by atoms with Crippen LogP contribution in [0.3, 0.4) is 0 Å². The summed E-state index contributed by atoms with van der Waals surface area (Å²) in [4.78, 5) is 2.40. The van der Waals surface area contributed by atoms with Gasteiger partial charge in [0.1, 0.15) is 11.2 Å². The summed E-state index contributed by atoms with van der Waals surface area (Å²) in [5.41, 5.74) is 9.76. The third-order valence-corrected chi connectivity index (χ3v) is 7.08. The summed E-state index contributed by atoms with van der Waals surface area (Å²) < 4.78 is 6.32. The van der Waals surface area contributed by atoms with Crippen molar-refractivity contribution in [1.82, 2.24) is 0 Å². The normalized spacial score (nSPS) is 11.2. The molecule has 180 valence electrons. The molecular formula is C36H25NO. The van der Waals surface area contributed by atoms with Crippen LogP contribution < -0.4 is 4.90 Å². The number of para-hydroxylation sites is 3. The predicted molar refractivity (Wildman–Crippen MR) is 159 cm³/mol. The van der Waals surface area contributed by atoms with Gasteiger partial charge in [-0.15, -0.1) is 0 Å². The fourth-order valence-electron chi connectivity index (χ4n) is 5.39. The Labute approximate surface area is 222 Å². The van der Waals surface area contributed by atoms with Crippen LogP contribution in [0.4, 0.5) is 17.1 Å². The maximum atomic E-state index is 6.32. The molecule has 0 amide bonds. The number of hydrogen-bond donors (Lipinski definition) is 0. The van der Waals surface area contributed by atoms with Crippen LogP contribution in [0.25, 0.3) is 44.2 Å². The number of nitrogens with zero attached hydrogens (tertiary/aromatic N) is 1. The maximum Gasteiger partial charge on any atom is 0.137 e. The lowest BCUT2D eigenvalue weighted by atomic mass is 9.98. The van der Waals surface area contributed by atoms with Crippen LogP contribution >= 0.6 is 0 Å². The number of benzene rings is 6. The smallest absolute Gasteiger partial charge is 0.137 e. The van der Waals surface area contributed by atoms with E-state index in [9.17, 15) is 0 Å². The van der Waals surface area contributed by atoms with Crippen LogP contribution in [0.15, 0.2) is 156 Å². The first kappa shape index (κ1) is 22.1. The van der Waals surface area contributed by atoms with Gasteiger partial charge in [0, 0.05) is 16.5 Å². The molecule has 0 atom stereocenters. The van der Waals surface area contributed by atoms with Gasteiger partial charge in [0.15, 0.2) is 0 Å². The van der Waals surface area contributed by atoms with Crippen LogP contribution in [0.2, 0.25) is 0 Å². The van der Waals surface area contributed by atoms with E-state index in [2.05, 4.69) is 144 Å². The van der Waals surface area contributed by atoms with E-state index in [4.69, 9.17) is 4.42 Å². The maximum absolute atomic E-state index is 6.32. The highest BCUT2D eigenvalue weighted by molar-refractivity contribution is 6.14. The number of rotatable bonds is 5. The molecule has 0 radical (unpaired) electrons. The summed E-state index contributed by atoms with van der Waals surface area (Å²) in [6.45, 7) is 0. The van der Waals surface area contributed by atoms with E-state index in [1.165, 1.54) is 22.3 Å². The Morgan fingerprint density at radius 2 is 0.842 bits per heavy atom. The zero-order chi connectivity index (χ0) is 25.3. The summed E-state index contributed by atoms with van der Waals surface area (Å²) in [6.07, 6.45) is 0. The molecule has 2 heteroatoms. The highest BCUT2D eigenvalue weighted by Gasteiger charge is 2.23. The topological polar surface area (TPSA) is 16.4 Å². The van der Waals surface area contributed by atoms with Crippen molar-refractivity contribution in [3.63, 3.8) is 0 Å². The molecule has 1 heterocycles. The van der Waals surface area contributed by atoms with E-state index in [0.717, 1.165) is 39.0 Å². The fourth-order valence-corrected chi connectivity index (χ4v) is 5.39. The van der Waals surface area contributed by atoms with Crippen molar-refractivity contribution in [3.05, 3.63) is 152 Å². The van der Waals surface area contributed by atoms with Gasteiger partial charge in [0.2, 0.25) is 0 Å². The van der Waals surface area contributed by atoms with Gasteiger partial charge < -0.3 is 9.32 Å². The minimum atomic E-state index is 0.878. The molecule has 0 saturated carbocycles. The van der Waals surface area contributed by atoms with Gasteiger partial charge in [0.25, 0.3) is 0 Å². The molecule has 0 aliphatic rings. The Kier molecular flexibility index (Phi) is 5.49. The first-order chi connectivity index (χ1) is 18.9. The Morgan fingerprint density at radius 1 is 0.368 bits per heavy atom. The number of furan rings is 1. The van der Waals surface area contributed by atoms with E-state index in [-0.39, 0.29) is 0 Å². The molecule has 6 aromatic carbocycles. The summed E-state index contributed by atoms with van der Waals surface area (Å²) in [5, 5.41) is 2.21. The fraction of sp³-hybridized carbons (Fsp3) is 0. The average molecular weight is 488 g/mol. The van der Waals surface area contributed by atoms with Crippen LogP contribution in [0.1, 0.15) is 0 Å². The first-order valence-electron chi connectivity index (χ1n) is 12.9. The second kappa shape index (κ2) is 9.42. The molecule has 0 spiro atoms. The molecular weight excluding hydrogens is 462 g/mol. The summed E-state index contributed by atoms with van der Waals surface area (Å²) in [7, 11) is 0. The van der Waals surface area contributed by atoms with E-state index < -0.39 is 0 Å². The molecule has 38 heavy (non-hydrogen) atoms. The van der Waals surface area contributed by atoms with Crippen LogP contribution in [-0.2, 0) is 0 Å². The van der Waals surface area contributed by atoms with Gasteiger partial charge in [-0.25, -0.2) is 0 Å². The monoisotopic (exact) mass is 487 g/mol. The molecule has 0 saturated heterocycles. The minimum absolute atomic E-state index is 0.878. The number of hydrogen-bond acceptors (Lipinski definition) is 2. The van der Waals surface area contributed by atoms with Crippen molar-refractivity contribution in [2.24, 2.45) is 0 Å². The molecule has 0 aliphatic carbocycles. The van der Waals surface area contributed by atoms with E-state index in [1.807, 2.05) is 12.1 Å². The zero-order valence-electron chi connectivity index (χ0n) is 20.8. The van der Waals surface area contributed by atoms with Crippen LogP contribution in [0, 0.1) is 0 Å². The average Bonchev–Trinajstić information content (AvgIpc) is 3.38. The number of anilines is 3. The van der Waals surface area contributed by atoms with Gasteiger partial charge in [0.05, 0.1) is 22.4 Å². The molecule has 7 aromatic rings. The van der Waals surface area contributed by atoms with Gasteiger partial charge >= 0.3 is 0 Å². The van der Waals surface area contributed by atoms with Crippen molar-refractivity contribution < 1.29 is 4.42 Å². The Morgan fingerprint density at radius 3 is 1.47 bits per heavy atom. The third kappa shape index (κ3) is 3.75. The standard InChI is InChI=1S/C36H25NO/c1-3-14-26(15-4-1)28-18-7-10-21-31(28)37(32-22-11-8-19-29(32)27-16-5-2-6-17-27)33-23-13-25-35-36(33)30-20-9-12-24-34(30)38-35/h1-25H. The highest BCUT2D eigenvalue weighted by atomic mass is 16.3. The van der Waals surface area contributed by atoms with Crippen molar-refractivity contribution >= 4 is 39.0 Å². The molecule has 0 fully saturated rings. The largest absolute Gasteiger partial charge is 0.456 e. The Balaban J connectivity index is 1.58. The van der Waals surface area contributed by atoms with Crippen molar-refractivity contribution in [3.8, 4) is 22.3 Å². The molecule has 0 aliphatic heterocycles. The SMILES string of the molecule is c1ccc(-c2ccccc2N(c2ccccc2-c2ccccc2)c2cccc3oc4ccccc4c23)cc1.